The van der Waals surface area contributed by atoms with Crippen LogP contribution >= 0.6 is 0 Å². The summed E-state index contributed by atoms with van der Waals surface area (Å²) in [5, 5.41) is 295. The number of aliphatic hydroxyl groups is 30. The van der Waals surface area contributed by atoms with Gasteiger partial charge < -0.3 is 169 Å². The van der Waals surface area contributed by atoms with Crippen molar-refractivity contribution < 1.29 is 168 Å². The second kappa shape index (κ2) is 17.7. The molecule has 0 bridgehead atoms. The third kappa shape index (κ3) is 9.64. The predicted octanol–water partition coefficient (Wildman–Crippen LogP) is -14.1. The van der Waals surface area contributed by atoms with Crippen molar-refractivity contribution in [1.29, 1.82) is 0 Å². The van der Waals surface area contributed by atoms with Crippen LogP contribution in [0.1, 0.15) is 19.3 Å². The van der Waals surface area contributed by atoms with Crippen molar-refractivity contribution in [2.45, 2.75) is 89.5 Å². The van der Waals surface area contributed by atoms with E-state index in [1.165, 1.54) is 0 Å². The molecule has 1 unspecified atom stereocenters. The monoisotopic (exact) mass is 912 g/mol. The van der Waals surface area contributed by atoms with Crippen LogP contribution in [-0.4, -0.2) is 242 Å². The molecule has 0 rings (SSSR count). The third-order valence-corrected chi connectivity index (χ3v) is 8.11. The third-order valence-electron chi connectivity index (χ3n) is 8.11. The lowest BCUT2D eigenvalue weighted by Crippen LogP contribution is -2.82. The minimum Gasteiger partial charge on any atom is -0.506 e. The van der Waals surface area contributed by atoms with Gasteiger partial charge in [0.1, 0.15) is 6.04 Å². The van der Waals surface area contributed by atoms with Crippen molar-refractivity contribution in [3.8, 4) is 0 Å². The minimum atomic E-state index is -5.77. The average molecular weight is 913 g/mol. The molecular formula is C26H44N2O33. The zero-order chi connectivity index (χ0) is 49.5. The molecule has 2 atom stereocenters. The van der Waals surface area contributed by atoms with E-state index in [0.29, 0.717) is 0 Å². The summed E-state index contributed by atoms with van der Waals surface area (Å²) in [4.78, 5) is 24.2. The van der Waals surface area contributed by atoms with E-state index in [-0.39, 0.29) is 25.8 Å². The van der Waals surface area contributed by atoms with Crippen LogP contribution in [0.2, 0.25) is 0 Å². The summed E-state index contributed by atoms with van der Waals surface area (Å²) in [6.07, 6.45) is -4.27. The predicted molar refractivity (Wildman–Crippen MR) is 171 cm³/mol. The quantitative estimate of drug-likeness (QED) is 0.0135. The van der Waals surface area contributed by atoms with E-state index in [2.05, 4.69) is 4.74 Å². The fourth-order valence-electron chi connectivity index (χ4n) is 3.94. The van der Waals surface area contributed by atoms with Gasteiger partial charge in [0.15, 0.2) is 11.9 Å². The van der Waals surface area contributed by atoms with Gasteiger partial charge in [0.25, 0.3) is 40.5 Å². The number of esters is 2. The van der Waals surface area contributed by atoms with Gasteiger partial charge >= 0.3 is 29.5 Å². The summed E-state index contributed by atoms with van der Waals surface area (Å²) in [7, 11) is 0. The average Bonchev–Trinajstić information content (AvgIpc) is 3.13. The van der Waals surface area contributed by atoms with Crippen LogP contribution in [0, 0.1) is 0 Å². The number of carbonyl (C=O) groups is 2. The number of unbranched alkanes of at least 4 members (excludes halogenated alkanes) is 1. The lowest BCUT2D eigenvalue weighted by atomic mass is 9.84. The lowest BCUT2D eigenvalue weighted by Gasteiger charge is -2.49. The van der Waals surface area contributed by atoms with Crippen LogP contribution in [0.25, 0.3) is 0 Å². The maximum absolute atomic E-state index is 12.2. The van der Waals surface area contributed by atoms with Crippen molar-refractivity contribution >= 4 is 11.9 Å². The normalized spacial score (nSPS) is 17.4. The zero-order valence-electron chi connectivity index (χ0n) is 29.8. The molecule has 0 amide bonds. The molecular weight excluding hydrogens is 868 g/mol. The lowest BCUT2D eigenvalue weighted by molar-refractivity contribution is -0.568. The Labute approximate surface area is 333 Å². The van der Waals surface area contributed by atoms with E-state index in [1.54, 1.807) is 0 Å². The first-order valence-corrected chi connectivity index (χ1v) is 15.3. The second-order valence-corrected chi connectivity index (χ2v) is 12.6. The summed E-state index contributed by atoms with van der Waals surface area (Å²) >= 11 is 0. The molecule has 0 aliphatic rings. The van der Waals surface area contributed by atoms with Gasteiger partial charge in [-0.1, -0.05) is 6.42 Å². The highest BCUT2D eigenvalue weighted by atomic mass is 16.8. The number of ether oxygens (including phenoxy) is 1. The number of nitrogens with two attached hydrogens (primary N) is 2. The van der Waals surface area contributed by atoms with E-state index in [4.69, 9.17) is 26.8 Å². The second-order valence-electron chi connectivity index (χ2n) is 12.6. The molecule has 61 heavy (non-hydrogen) atoms. The van der Waals surface area contributed by atoms with E-state index in [0.717, 1.165) is 0 Å². The van der Waals surface area contributed by atoms with Crippen LogP contribution in [0.3, 0.4) is 0 Å². The fourth-order valence-corrected chi connectivity index (χ4v) is 3.94. The topological polar surface area (TPSA) is 702 Å². The van der Waals surface area contributed by atoms with Crippen LogP contribution < -0.4 is 11.5 Å². The molecule has 0 saturated heterocycles. The highest BCUT2D eigenvalue weighted by Gasteiger charge is 2.77. The van der Waals surface area contributed by atoms with Crippen molar-refractivity contribution in [2.24, 2.45) is 11.5 Å². The van der Waals surface area contributed by atoms with Gasteiger partial charge in [0, 0.05) is 0 Å². The highest BCUT2D eigenvalue weighted by Crippen LogP contribution is 2.42. The molecule has 0 saturated carbocycles. The Morgan fingerprint density at radius 2 is 0.885 bits per heavy atom. The first-order chi connectivity index (χ1) is 26.7. The van der Waals surface area contributed by atoms with Gasteiger partial charge in [-0.05, 0) is 19.4 Å². The van der Waals surface area contributed by atoms with Crippen LogP contribution in [-0.2, 0) is 14.3 Å². The molecule has 0 spiro atoms. The maximum Gasteiger partial charge on any atom is 0.380 e. The Balaban J connectivity index is 7.22. The number of rotatable bonds is 20. The van der Waals surface area contributed by atoms with Gasteiger partial charge in [-0.2, -0.15) is 0 Å². The van der Waals surface area contributed by atoms with Crippen molar-refractivity contribution in [3.05, 3.63) is 46.1 Å². The van der Waals surface area contributed by atoms with Gasteiger partial charge in [0.05, 0.1) is 0 Å². The summed E-state index contributed by atoms with van der Waals surface area (Å²) in [6, 6.07) is -1.77. The number of aliphatic hydroxyl groups excluding tert-OH is 9. The minimum absolute atomic E-state index is 0.0889. The van der Waals surface area contributed by atoms with E-state index < -0.39 is 128 Å². The van der Waals surface area contributed by atoms with Crippen molar-refractivity contribution in [2.75, 3.05) is 6.54 Å². The maximum atomic E-state index is 12.2. The molecule has 34 N–H and O–H groups in total. The van der Waals surface area contributed by atoms with Crippen molar-refractivity contribution in [1.82, 2.24) is 0 Å². The molecule has 0 aliphatic carbocycles. The van der Waals surface area contributed by atoms with E-state index in [9.17, 15) is 147 Å². The Morgan fingerprint density at radius 3 is 1.28 bits per heavy atom. The molecule has 0 aliphatic heterocycles. The largest absolute Gasteiger partial charge is 0.506 e. The number of hydrogen-bond donors (Lipinski definition) is 32. The Kier molecular flexibility index (Phi) is 16.4. The summed E-state index contributed by atoms with van der Waals surface area (Å²) in [5.41, 5.74) is 10.6. The molecule has 0 aromatic rings. The Hall–Kier alpha value is -4.46. The van der Waals surface area contributed by atoms with Gasteiger partial charge in [-0.3, -0.25) is 0 Å². The Morgan fingerprint density at radius 1 is 0.492 bits per heavy atom. The number of carbonyl (C=O) groups excluding carboxylic acids is 2. The molecule has 0 fully saturated rings. The molecule has 356 valence electrons. The molecule has 35 nitrogen and oxygen atoms in total. The van der Waals surface area contributed by atoms with Crippen LogP contribution in [0.4, 0.5) is 0 Å². The summed E-state index contributed by atoms with van der Waals surface area (Å²) < 4.78 is 3.88. The smallest absolute Gasteiger partial charge is 0.380 e. The molecule has 0 aromatic heterocycles. The van der Waals surface area contributed by atoms with Gasteiger partial charge in [-0.25, -0.2) is 9.59 Å². The van der Waals surface area contributed by atoms with E-state index >= 15 is 0 Å². The zero-order valence-corrected chi connectivity index (χ0v) is 29.8. The van der Waals surface area contributed by atoms with Crippen LogP contribution in [0.15, 0.2) is 46.1 Å². The first kappa shape index (κ1) is 56.5. The van der Waals surface area contributed by atoms with Crippen molar-refractivity contribution in [3.63, 3.8) is 0 Å². The Bertz CT molecular complexity index is 1760. The SMILES string of the molecule is NCCCC[C@H](N)C(=O)OC(=O)C(O)(O)C(O)(O)C(O)(O)C(O)=C(O)C(O)(O)C(O)=C(O)C(O)(O)C(O)=C(O)C(O)=C(O)C(O)C(O)(O)C(O)(O)C(O)(O)C(O)(O)C(O)(O)O. The molecule has 0 heterocycles. The molecule has 0 aromatic carbocycles. The fraction of sp³-hybridized carbons (Fsp3) is 0.615. The highest BCUT2D eigenvalue weighted by molar-refractivity contribution is 5.92. The standard InChI is InChI=1S/C26H44N2O33/c27-4-2-1-3-5(28)15(38)61-16(39)21(48,49)22(50,51)20(46,47)14(37)13(36)18(42,43)12(35)11(34)17(40,41)9(32)7(30)6(29)8(31)10(33)19(44,45)23(52,53)24(54,55)25(56,57)26(58,59)60/h5,10,29-37,40-60H,1-4,27-28H2/t5-,10?/m0/s1. The summed E-state index contributed by atoms with van der Waals surface area (Å²) in [6.45, 7) is 0.0889. The van der Waals surface area contributed by atoms with Gasteiger partial charge in [-0.15, -0.1) is 0 Å². The van der Waals surface area contributed by atoms with Gasteiger partial charge in [0.2, 0.25) is 40.3 Å². The number of hydrogen-bond acceptors (Lipinski definition) is 35. The van der Waals surface area contributed by atoms with E-state index in [1.807, 2.05) is 0 Å². The van der Waals surface area contributed by atoms with Crippen LogP contribution in [0.5, 0.6) is 0 Å². The molecule has 35 heteroatoms. The molecule has 0 radical (unpaired) electrons. The first-order valence-electron chi connectivity index (χ1n) is 15.3. The summed E-state index contributed by atoms with van der Waals surface area (Å²) in [5.74, 6) is -84.1.